The first-order chi connectivity index (χ1) is 10.4. The first kappa shape index (κ1) is 16.8. The van der Waals surface area contributed by atoms with Crippen LogP contribution in [0.25, 0.3) is 0 Å². The van der Waals surface area contributed by atoms with Gasteiger partial charge in [0, 0.05) is 11.4 Å². The van der Waals surface area contributed by atoms with E-state index >= 15 is 0 Å². The quantitative estimate of drug-likeness (QED) is 0.884. The van der Waals surface area contributed by atoms with Crippen LogP contribution in [0.2, 0.25) is 10.0 Å². The number of para-hydroxylation sites is 1. The molecule has 0 aromatic heterocycles. The molecule has 0 aliphatic heterocycles. The summed E-state index contributed by atoms with van der Waals surface area (Å²) in [6, 6.07) is 12.6. The van der Waals surface area contributed by atoms with Crippen LogP contribution in [0.1, 0.15) is 6.42 Å². The highest BCUT2D eigenvalue weighted by Crippen LogP contribution is 2.21. The Bertz CT molecular complexity index is 774. The van der Waals surface area contributed by atoms with E-state index in [0.717, 1.165) is 0 Å². The van der Waals surface area contributed by atoms with Crippen molar-refractivity contribution < 1.29 is 13.2 Å². The zero-order valence-electron chi connectivity index (χ0n) is 11.4. The summed E-state index contributed by atoms with van der Waals surface area (Å²) in [6.07, 6.45) is -0.157. The highest BCUT2D eigenvalue weighted by molar-refractivity contribution is 7.91. The molecule has 0 atom stereocenters. The molecule has 0 heterocycles. The van der Waals surface area contributed by atoms with Crippen molar-refractivity contribution in [2.45, 2.75) is 11.3 Å². The summed E-state index contributed by atoms with van der Waals surface area (Å²) in [5, 5.41) is 3.44. The molecule has 116 valence electrons. The number of anilines is 1. The van der Waals surface area contributed by atoms with Crippen molar-refractivity contribution in [2.24, 2.45) is 0 Å². The van der Waals surface area contributed by atoms with Crippen LogP contribution >= 0.6 is 23.2 Å². The lowest BCUT2D eigenvalue weighted by atomic mass is 10.3. The van der Waals surface area contributed by atoms with Crippen molar-refractivity contribution in [2.75, 3.05) is 11.1 Å². The fraction of sp³-hybridized carbons (Fsp3) is 0.133. The lowest BCUT2D eigenvalue weighted by Gasteiger charge is -2.07. The van der Waals surface area contributed by atoms with Crippen molar-refractivity contribution in [3.8, 4) is 0 Å². The van der Waals surface area contributed by atoms with Gasteiger partial charge in [0.25, 0.3) is 0 Å². The van der Waals surface area contributed by atoms with Crippen LogP contribution in [0.5, 0.6) is 0 Å². The monoisotopic (exact) mass is 357 g/mol. The fourth-order valence-corrected chi connectivity index (χ4v) is 3.31. The standard InChI is InChI=1S/C15H13Cl2NO3S/c16-11-5-7-12(8-6-11)22(20,21)10-9-15(19)18-14-4-2-1-3-13(14)17/h1-8H,9-10H2,(H,18,19). The molecule has 2 aromatic rings. The predicted molar refractivity (Wildman–Crippen MR) is 88.2 cm³/mol. The van der Waals surface area contributed by atoms with Crippen molar-refractivity contribution in [3.63, 3.8) is 0 Å². The molecule has 0 spiro atoms. The molecule has 4 nitrogen and oxygen atoms in total. The van der Waals surface area contributed by atoms with Crippen LogP contribution in [-0.4, -0.2) is 20.1 Å². The number of nitrogens with one attached hydrogen (secondary N) is 1. The Morgan fingerprint density at radius 2 is 1.64 bits per heavy atom. The molecule has 22 heavy (non-hydrogen) atoms. The Hall–Kier alpha value is -1.56. The van der Waals surface area contributed by atoms with Crippen LogP contribution in [0.15, 0.2) is 53.4 Å². The van der Waals surface area contributed by atoms with Crippen LogP contribution in [-0.2, 0) is 14.6 Å². The highest BCUT2D eigenvalue weighted by atomic mass is 35.5. The molecule has 0 unspecified atom stereocenters. The molecule has 0 radical (unpaired) electrons. The second-order valence-electron chi connectivity index (χ2n) is 4.55. The largest absolute Gasteiger partial charge is 0.325 e. The molecule has 7 heteroatoms. The number of hydrogen-bond donors (Lipinski definition) is 1. The molecule has 0 aliphatic rings. The van der Waals surface area contributed by atoms with Crippen LogP contribution in [0.4, 0.5) is 5.69 Å². The summed E-state index contributed by atoms with van der Waals surface area (Å²) in [5.74, 6) is -0.698. The second kappa shape index (κ2) is 7.13. The molecule has 0 fully saturated rings. The number of halogens is 2. The lowest BCUT2D eigenvalue weighted by molar-refractivity contribution is -0.115. The molecular formula is C15H13Cl2NO3S. The van der Waals surface area contributed by atoms with E-state index in [9.17, 15) is 13.2 Å². The molecule has 0 bridgehead atoms. The van der Waals surface area contributed by atoms with Crippen LogP contribution in [0.3, 0.4) is 0 Å². The van der Waals surface area contributed by atoms with Gasteiger partial charge in [-0.1, -0.05) is 35.3 Å². The van der Waals surface area contributed by atoms with Gasteiger partial charge >= 0.3 is 0 Å². The Labute approximate surface area is 139 Å². The molecule has 2 aromatic carbocycles. The van der Waals surface area contributed by atoms with E-state index in [0.29, 0.717) is 15.7 Å². The van der Waals surface area contributed by atoms with Gasteiger partial charge in [-0.2, -0.15) is 0 Å². The Morgan fingerprint density at radius 1 is 1.00 bits per heavy atom. The zero-order chi connectivity index (χ0) is 16.2. The van der Waals surface area contributed by atoms with Gasteiger partial charge in [0.1, 0.15) is 0 Å². The maximum absolute atomic E-state index is 12.1. The summed E-state index contributed by atoms with van der Waals surface area (Å²) in [5.41, 5.74) is 0.457. The first-order valence-corrected chi connectivity index (χ1v) is 8.82. The van der Waals surface area contributed by atoms with E-state index in [1.54, 1.807) is 24.3 Å². The van der Waals surface area contributed by atoms with Crippen molar-refractivity contribution in [1.29, 1.82) is 0 Å². The molecule has 0 saturated carbocycles. The normalized spacial score (nSPS) is 11.2. The highest BCUT2D eigenvalue weighted by Gasteiger charge is 2.16. The number of rotatable bonds is 5. The van der Waals surface area contributed by atoms with Gasteiger partial charge in [0.15, 0.2) is 9.84 Å². The Morgan fingerprint density at radius 3 is 2.27 bits per heavy atom. The Balaban J connectivity index is 1.98. The van der Waals surface area contributed by atoms with Gasteiger partial charge in [-0.3, -0.25) is 4.79 Å². The predicted octanol–water partition coefficient (Wildman–Crippen LogP) is 3.80. The zero-order valence-corrected chi connectivity index (χ0v) is 13.8. The molecule has 2 rings (SSSR count). The summed E-state index contributed by atoms with van der Waals surface area (Å²) in [6.45, 7) is 0. The minimum Gasteiger partial charge on any atom is -0.325 e. The Kier molecular flexibility index (Phi) is 5.45. The third-order valence-corrected chi connectivity index (χ3v) is 5.23. The summed E-state index contributed by atoms with van der Waals surface area (Å²) < 4.78 is 24.2. The third kappa shape index (κ3) is 4.47. The minimum atomic E-state index is -3.53. The average Bonchev–Trinajstić information content (AvgIpc) is 2.48. The van der Waals surface area contributed by atoms with E-state index in [-0.39, 0.29) is 17.1 Å². The minimum absolute atomic E-state index is 0.141. The van der Waals surface area contributed by atoms with E-state index in [4.69, 9.17) is 23.2 Å². The van der Waals surface area contributed by atoms with E-state index in [1.807, 2.05) is 0 Å². The molecular weight excluding hydrogens is 345 g/mol. The smallest absolute Gasteiger partial charge is 0.225 e. The van der Waals surface area contributed by atoms with Gasteiger partial charge in [-0.15, -0.1) is 0 Å². The second-order valence-corrected chi connectivity index (χ2v) is 7.50. The first-order valence-electron chi connectivity index (χ1n) is 6.41. The molecule has 0 saturated heterocycles. The van der Waals surface area contributed by atoms with Crippen molar-refractivity contribution in [3.05, 3.63) is 58.6 Å². The SMILES string of the molecule is O=C(CCS(=O)(=O)c1ccc(Cl)cc1)Nc1ccccc1Cl. The van der Waals surface area contributed by atoms with Gasteiger partial charge in [-0.05, 0) is 36.4 Å². The van der Waals surface area contributed by atoms with Crippen molar-refractivity contribution >= 4 is 44.6 Å². The number of carbonyl (C=O) groups is 1. The summed E-state index contributed by atoms with van der Waals surface area (Å²) >= 11 is 11.6. The van der Waals surface area contributed by atoms with Gasteiger partial charge in [0.05, 0.1) is 21.4 Å². The summed E-state index contributed by atoms with van der Waals surface area (Å²) in [4.78, 5) is 12.0. The van der Waals surface area contributed by atoms with Gasteiger partial charge < -0.3 is 5.32 Å². The van der Waals surface area contributed by atoms with Gasteiger partial charge in [0.2, 0.25) is 5.91 Å². The number of sulfone groups is 1. The molecule has 0 aliphatic carbocycles. The van der Waals surface area contributed by atoms with Crippen molar-refractivity contribution in [1.82, 2.24) is 0 Å². The van der Waals surface area contributed by atoms with E-state index in [1.165, 1.54) is 24.3 Å². The topological polar surface area (TPSA) is 63.2 Å². The van der Waals surface area contributed by atoms with Crippen LogP contribution < -0.4 is 5.32 Å². The lowest BCUT2D eigenvalue weighted by Crippen LogP contribution is -2.17. The number of hydrogen-bond acceptors (Lipinski definition) is 3. The molecule has 1 N–H and O–H groups in total. The van der Waals surface area contributed by atoms with E-state index < -0.39 is 15.7 Å². The molecule has 1 amide bonds. The van der Waals surface area contributed by atoms with E-state index in [2.05, 4.69) is 5.32 Å². The fourth-order valence-electron chi connectivity index (χ4n) is 1.76. The number of amides is 1. The third-order valence-electron chi connectivity index (χ3n) is 2.92. The van der Waals surface area contributed by atoms with Gasteiger partial charge in [-0.25, -0.2) is 8.42 Å². The summed E-state index contributed by atoms with van der Waals surface area (Å²) in [7, 11) is -3.53. The average molecular weight is 358 g/mol. The number of benzene rings is 2. The maximum atomic E-state index is 12.1. The number of carbonyl (C=O) groups excluding carboxylic acids is 1. The van der Waals surface area contributed by atoms with Crippen LogP contribution in [0, 0.1) is 0 Å². The maximum Gasteiger partial charge on any atom is 0.225 e.